The number of aliphatic hydroxyl groups excluding tert-OH is 1. The Kier molecular flexibility index (Phi) is 5.56. The van der Waals surface area contributed by atoms with E-state index >= 15 is 0 Å². The Morgan fingerprint density at radius 3 is 2.31 bits per heavy atom. The Hall–Kier alpha value is -0.0900. The molecule has 0 amide bonds. The molecular formula is C9H20O3S. The molecule has 3 nitrogen and oxygen atoms in total. The summed E-state index contributed by atoms with van der Waals surface area (Å²) in [5.41, 5.74) is 0. The molecule has 0 aliphatic heterocycles. The van der Waals surface area contributed by atoms with Crippen LogP contribution in [0.15, 0.2) is 0 Å². The fourth-order valence-corrected chi connectivity index (χ4v) is 2.33. The van der Waals surface area contributed by atoms with Crippen molar-refractivity contribution in [3.63, 3.8) is 0 Å². The van der Waals surface area contributed by atoms with Crippen molar-refractivity contribution in [3.05, 3.63) is 0 Å². The molecule has 2 unspecified atom stereocenters. The lowest BCUT2D eigenvalue weighted by atomic mass is 10.00. The molecule has 0 aliphatic rings. The van der Waals surface area contributed by atoms with Gasteiger partial charge < -0.3 is 5.11 Å². The molecule has 1 N–H and O–H groups in total. The Balaban J connectivity index is 3.80. The monoisotopic (exact) mass is 208 g/mol. The molecular weight excluding hydrogens is 188 g/mol. The van der Waals surface area contributed by atoms with Gasteiger partial charge in [0.05, 0.1) is 11.9 Å². The molecule has 13 heavy (non-hydrogen) atoms. The number of hydrogen-bond acceptors (Lipinski definition) is 3. The van der Waals surface area contributed by atoms with E-state index in [0.717, 1.165) is 19.1 Å². The van der Waals surface area contributed by atoms with Crippen LogP contribution < -0.4 is 0 Å². The highest BCUT2D eigenvalue weighted by molar-refractivity contribution is 7.90. The van der Waals surface area contributed by atoms with E-state index in [0.29, 0.717) is 12.3 Å². The zero-order chi connectivity index (χ0) is 10.5. The molecule has 0 fully saturated rings. The smallest absolute Gasteiger partial charge is 0.149 e. The summed E-state index contributed by atoms with van der Waals surface area (Å²) >= 11 is 0. The molecule has 0 bridgehead atoms. The minimum atomic E-state index is -3.03. The first-order valence-corrected chi connectivity index (χ1v) is 6.77. The van der Waals surface area contributed by atoms with Gasteiger partial charge in [-0.2, -0.15) is 0 Å². The van der Waals surface area contributed by atoms with E-state index in [1.54, 1.807) is 0 Å². The van der Waals surface area contributed by atoms with Gasteiger partial charge in [0.2, 0.25) is 0 Å². The molecule has 0 saturated heterocycles. The number of hydrogen-bond donors (Lipinski definition) is 1. The molecule has 0 spiro atoms. The molecule has 2 atom stereocenters. The highest BCUT2D eigenvalue weighted by Gasteiger charge is 2.14. The summed E-state index contributed by atoms with van der Waals surface area (Å²) < 4.78 is 21.6. The van der Waals surface area contributed by atoms with Crippen LogP contribution in [0.25, 0.3) is 0 Å². The first-order chi connectivity index (χ1) is 5.85. The van der Waals surface area contributed by atoms with Crippen molar-refractivity contribution in [2.45, 2.75) is 39.2 Å². The van der Waals surface area contributed by atoms with Gasteiger partial charge in [-0.3, -0.25) is 0 Å². The zero-order valence-electron chi connectivity index (χ0n) is 8.66. The van der Waals surface area contributed by atoms with Crippen molar-refractivity contribution in [2.24, 2.45) is 5.92 Å². The Morgan fingerprint density at radius 1 is 1.38 bits per heavy atom. The van der Waals surface area contributed by atoms with Gasteiger partial charge in [-0.05, 0) is 12.3 Å². The maximum absolute atomic E-state index is 10.8. The molecule has 80 valence electrons. The second kappa shape index (κ2) is 5.60. The van der Waals surface area contributed by atoms with Crippen LogP contribution in [0.3, 0.4) is 0 Å². The fraction of sp³-hybridized carbons (Fsp3) is 1.00. The van der Waals surface area contributed by atoms with Crippen molar-refractivity contribution < 1.29 is 13.5 Å². The summed E-state index contributed by atoms with van der Waals surface area (Å²) in [6, 6.07) is 0. The van der Waals surface area contributed by atoms with Gasteiger partial charge in [-0.15, -0.1) is 0 Å². The standard InChI is InChI=1S/C9H20O3S/c1-4-5-8(2)6-9(10)7-13(3,11)12/h8-10H,4-7H2,1-3H3. The molecule has 0 radical (unpaired) electrons. The van der Waals surface area contributed by atoms with Crippen molar-refractivity contribution in [1.82, 2.24) is 0 Å². The molecule has 0 heterocycles. The minimum absolute atomic E-state index is 0.110. The normalized spacial score (nSPS) is 16.9. The third kappa shape index (κ3) is 8.25. The second-order valence-electron chi connectivity index (χ2n) is 3.88. The summed E-state index contributed by atoms with van der Waals surface area (Å²) in [6.45, 7) is 4.12. The van der Waals surface area contributed by atoms with Gasteiger partial charge in [-0.1, -0.05) is 26.7 Å². The third-order valence-electron chi connectivity index (χ3n) is 1.95. The molecule has 0 rings (SSSR count). The highest BCUT2D eigenvalue weighted by Crippen LogP contribution is 2.13. The molecule has 0 aromatic rings. The Labute approximate surface area is 81.1 Å². The Bertz CT molecular complexity index is 221. The van der Waals surface area contributed by atoms with Gasteiger partial charge in [0.25, 0.3) is 0 Å². The van der Waals surface area contributed by atoms with Gasteiger partial charge in [0.15, 0.2) is 0 Å². The van der Waals surface area contributed by atoms with Crippen molar-refractivity contribution >= 4 is 9.84 Å². The first-order valence-electron chi connectivity index (χ1n) is 4.71. The summed E-state index contributed by atoms with van der Waals surface area (Å²) in [7, 11) is -3.03. The molecule has 0 aromatic carbocycles. The van der Waals surface area contributed by atoms with Crippen molar-refractivity contribution in [1.29, 1.82) is 0 Å². The fourth-order valence-electron chi connectivity index (χ4n) is 1.49. The van der Waals surface area contributed by atoms with Crippen LogP contribution in [0.1, 0.15) is 33.1 Å². The van der Waals surface area contributed by atoms with E-state index in [-0.39, 0.29) is 5.75 Å². The van der Waals surface area contributed by atoms with Gasteiger partial charge in [0.1, 0.15) is 9.84 Å². The van der Waals surface area contributed by atoms with Crippen molar-refractivity contribution in [2.75, 3.05) is 12.0 Å². The van der Waals surface area contributed by atoms with Crippen LogP contribution >= 0.6 is 0 Å². The maximum Gasteiger partial charge on any atom is 0.149 e. The number of rotatable bonds is 6. The third-order valence-corrected chi connectivity index (χ3v) is 2.94. The zero-order valence-corrected chi connectivity index (χ0v) is 9.47. The second-order valence-corrected chi connectivity index (χ2v) is 6.06. The lowest BCUT2D eigenvalue weighted by Gasteiger charge is -2.14. The molecule has 4 heteroatoms. The van der Waals surface area contributed by atoms with E-state index in [4.69, 9.17) is 0 Å². The maximum atomic E-state index is 10.8. The van der Waals surface area contributed by atoms with Crippen LogP contribution in [0.2, 0.25) is 0 Å². The van der Waals surface area contributed by atoms with Crippen molar-refractivity contribution in [3.8, 4) is 0 Å². The SMILES string of the molecule is CCCC(C)CC(O)CS(C)(=O)=O. The van der Waals surface area contributed by atoms with Gasteiger partial charge in [0, 0.05) is 6.26 Å². The minimum Gasteiger partial charge on any atom is -0.392 e. The van der Waals surface area contributed by atoms with E-state index in [1.165, 1.54) is 0 Å². The average Bonchev–Trinajstić information content (AvgIpc) is 1.81. The average molecular weight is 208 g/mol. The van der Waals surface area contributed by atoms with Gasteiger partial charge >= 0.3 is 0 Å². The number of aliphatic hydroxyl groups is 1. The predicted octanol–water partition coefficient (Wildman–Crippen LogP) is 1.22. The van der Waals surface area contributed by atoms with Crippen LogP contribution in [-0.2, 0) is 9.84 Å². The quantitative estimate of drug-likeness (QED) is 0.714. The molecule has 0 aromatic heterocycles. The van der Waals surface area contributed by atoms with E-state index in [1.807, 2.05) is 6.92 Å². The van der Waals surface area contributed by atoms with Crippen LogP contribution in [0.4, 0.5) is 0 Å². The van der Waals surface area contributed by atoms with E-state index in [2.05, 4.69) is 6.92 Å². The van der Waals surface area contributed by atoms with Crippen LogP contribution in [0, 0.1) is 5.92 Å². The summed E-state index contributed by atoms with van der Waals surface area (Å²) in [4.78, 5) is 0. The topological polar surface area (TPSA) is 54.4 Å². The summed E-state index contributed by atoms with van der Waals surface area (Å²) in [5.74, 6) is 0.294. The van der Waals surface area contributed by atoms with Gasteiger partial charge in [-0.25, -0.2) is 8.42 Å². The van der Waals surface area contributed by atoms with E-state index < -0.39 is 15.9 Å². The molecule has 0 aliphatic carbocycles. The van der Waals surface area contributed by atoms with Crippen LogP contribution in [0.5, 0.6) is 0 Å². The Morgan fingerprint density at radius 2 is 1.92 bits per heavy atom. The van der Waals surface area contributed by atoms with Crippen LogP contribution in [-0.4, -0.2) is 31.6 Å². The molecule has 0 saturated carbocycles. The largest absolute Gasteiger partial charge is 0.392 e. The lowest BCUT2D eigenvalue weighted by molar-refractivity contribution is 0.164. The summed E-state index contributed by atoms with van der Waals surface area (Å²) in [6.07, 6.45) is 3.16. The lowest BCUT2D eigenvalue weighted by Crippen LogP contribution is -2.22. The highest BCUT2D eigenvalue weighted by atomic mass is 32.2. The predicted molar refractivity (Wildman–Crippen MR) is 54.4 cm³/mol. The first kappa shape index (κ1) is 12.9. The van der Waals surface area contributed by atoms with E-state index in [9.17, 15) is 13.5 Å². The number of sulfone groups is 1. The summed E-state index contributed by atoms with van der Waals surface area (Å²) in [5, 5.41) is 9.40.